The lowest BCUT2D eigenvalue weighted by molar-refractivity contribution is 0.0968. The van der Waals surface area contributed by atoms with Gasteiger partial charge < -0.3 is 4.74 Å². The van der Waals surface area contributed by atoms with Crippen molar-refractivity contribution in [2.75, 3.05) is 27.2 Å². The molecule has 0 N–H and O–H groups in total. The van der Waals surface area contributed by atoms with E-state index >= 15 is 0 Å². The van der Waals surface area contributed by atoms with Gasteiger partial charge in [0.25, 0.3) is 0 Å². The van der Waals surface area contributed by atoms with Crippen molar-refractivity contribution in [3.63, 3.8) is 0 Å². The summed E-state index contributed by atoms with van der Waals surface area (Å²) >= 11 is 0. The summed E-state index contributed by atoms with van der Waals surface area (Å²) in [7, 11) is -0.348. The van der Waals surface area contributed by atoms with E-state index < -0.39 is 15.8 Å². The van der Waals surface area contributed by atoms with Gasteiger partial charge >= 0.3 is 0 Å². The summed E-state index contributed by atoms with van der Waals surface area (Å²) in [5, 5.41) is 0. The van der Waals surface area contributed by atoms with Crippen LogP contribution in [0.25, 0.3) is 0 Å². The number of fused-ring (bicyclic) bond motifs is 3. The van der Waals surface area contributed by atoms with Crippen LogP contribution >= 0.6 is 0 Å². The van der Waals surface area contributed by atoms with Crippen molar-refractivity contribution in [2.45, 2.75) is 36.2 Å². The van der Waals surface area contributed by atoms with Crippen molar-refractivity contribution >= 4 is 10.0 Å². The molecule has 2 aromatic carbocycles. The van der Waals surface area contributed by atoms with Crippen molar-refractivity contribution in [3.8, 4) is 5.75 Å². The van der Waals surface area contributed by atoms with E-state index in [9.17, 15) is 12.8 Å². The summed E-state index contributed by atoms with van der Waals surface area (Å²) in [5.41, 5.74) is 2.55. The molecule has 1 saturated heterocycles. The van der Waals surface area contributed by atoms with Gasteiger partial charge in [-0.05, 0) is 66.8 Å². The zero-order valence-corrected chi connectivity index (χ0v) is 17.0. The van der Waals surface area contributed by atoms with Crippen LogP contribution in [0, 0.1) is 5.82 Å². The molecule has 2 aromatic rings. The molecule has 0 bridgehead atoms. The maximum Gasteiger partial charge on any atom is 0.243 e. The standard InChI is InChI=1S/C21H25FN2O3S/c1-23(28(25,26)19-6-3-16(22)4-7-19)17-10-12-24-11-9-15-13-18(27-2)5-8-20(15)21(24)14-17/h3-8,13,17,21H,9-12,14H2,1-2H3. The zero-order chi connectivity index (χ0) is 19.9. The molecule has 2 aliphatic rings. The highest BCUT2D eigenvalue weighted by atomic mass is 32.2. The summed E-state index contributed by atoms with van der Waals surface area (Å²) in [5.74, 6) is 0.416. The molecule has 150 valence electrons. The molecule has 2 aliphatic heterocycles. The molecule has 2 unspecified atom stereocenters. The minimum atomic E-state index is -3.65. The van der Waals surface area contributed by atoms with E-state index in [2.05, 4.69) is 17.0 Å². The smallest absolute Gasteiger partial charge is 0.243 e. The number of rotatable bonds is 4. The first-order valence-electron chi connectivity index (χ1n) is 9.54. The molecule has 0 amide bonds. The number of ether oxygens (including phenoxy) is 1. The lowest BCUT2D eigenvalue weighted by Gasteiger charge is -2.45. The van der Waals surface area contributed by atoms with Gasteiger partial charge in [-0.15, -0.1) is 0 Å². The third kappa shape index (κ3) is 3.43. The Morgan fingerprint density at radius 1 is 1.14 bits per heavy atom. The Morgan fingerprint density at radius 3 is 2.61 bits per heavy atom. The van der Waals surface area contributed by atoms with Crippen LogP contribution in [0.15, 0.2) is 47.4 Å². The van der Waals surface area contributed by atoms with Gasteiger partial charge in [0.2, 0.25) is 10.0 Å². The highest BCUT2D eigenvalue weighted by Gasteiger charge is 2.38. The summed E-state index contributed by atoms with van der Waals surface area (Å²) in [4.78, 5) is 2.58. The Morgan fingerprint density at radius 2 is 1.89 bits per heavy atom. The Bertz CT molecular complexity index is 962. The van der Waals surface area contributed by atoms with Crippen LogP contribution < -0.4 is 4.74 Å². The molecule has 7 heteroatoms. The van der Waals surface area contributed by atoms with Crippen LogP contribution in [0.4, 0.5) is 4.39 Å². The number of sulfonamides is 1. The molecular formula is C21H25FN2O3S. The van der Waals surface area contributed by atoms with E-state index in [0.717, 1.165) is 38.1 Å². The number of halogens is 1. The molecule has 1 fully saturated rings. The minimum absolute atomic E-state index is 0.0932. The zero-order valence-electron chi connectivity index (χ0n) is 16.1. The topological polar surface area (TPSA) is 49.9 Å². The molecule has 4 rings (SSSR count). The van der Waals surface area contributed by atoms with Gasteiger partial charge in [-0.3, -0.25) is 4.90 Å². The van der Waals surface area contributed by atoms with Gasteiger partial charge in [-0.25, -0.2) is 12.8 Å². The molecule has 0 spiro atoms. The summed E-state index contributed by atoms with van der Waals surface area (Å²) in [6, 6.07) is 11.3. The Kier molecular flexibility index (Phi) is 5.16. The van der Waals surface area contributed by atoms with E-state index in [1.165, 1.54) is 39.7 Å². The van der Waals surface area contributed by atoms with E-state index in [1.54, 1.807) is 14.2 Å². The SMILES string of the molecule is COc1ccc2c(c1)CCN1CCC(N(C)S(=O)(=O)c3ccc(F)cc3)CC21. The normalized spacial score (nSPS) is 22.6. The first kappa shape index (κ1) is 19.4. The van der Waals surface area contributed by atoms with E-state index in [4.69, 9.17) is 4.74 Å². The van der Waals surface area contributed by atoms with Crippen LogP contribution in [0.2, 0.25) is 0 Å². The maximum absolute atomic E-state index is 13.2. The highest BCUT2D eigenvalue weighted by Crippen LogP contribution is 2.39. The summed E-state index contributed by atoms with van der Waals surface area (Å²) < 4.78 is 46.0. The molecule has 0 aromatic heterocycles. The van der Waals surface area contributed by atoms with Gasteiger partial charge in [-0.1, -0.05) is 6.07 Å². The molecule has 5 nitrogen and oxygen atoms in total. The van der Waals surface area contributed by atoms with Crippen LogP contribution in [-0.4, -0.2) is 50.9 Å². The van der Waals surface area contributed by atoms with Crippen molar-refractivity contribution in [1.82, 2.24) is 9.21 Å². The van der Waals surface area contributed by atoms with Crippen molar-refractivity contribution in [2.24, 2.45) is 0 Å². The Labute approximate surface area is 165 Å². The Hall–Kier alpha value is -1.96. The highest BCUT2D eigenvalue weighted by molar-refractivity contribution is 7.89. The van der Waals surface area contributed by atoms with E-state index in [1.807, 2.05) is 6.07 Å². The molecule has 0 aliphatic carbocycles. The molecule has 2 atom stereocenters. The van der Waals surface area contributed by atoms with Crippen LogP contribution in [0.5, 0.6) is 5.75 Å². The van der Waals surface area contributed by atoms with Gasteiger partial charge in [-0.2, -0.15) is 4.31 Å². The third-order valence-corrected chi connectivity index (χ3v) is 7.99. The predicted octanol–water partition coefficient (Wildman–Crippen LogP) is 3.22. The van der Waals surface area contributed by atoms with Crippen LogP contribution in [0.3, 0.4) is 0 Å². The van der Waals surface area contributed by atoms with Crippen molar-refractivity contribution < 1.29 is 17.5 Å². The number of hydrogen-bond donors (Lipinski definition) is 0. The van der Waals surface area contributed by atoms with Crippen LogP contribution in [0.1, 0.15) is 30.0 Å². The minimum Gasteiger partial charge on any atom is -0.497 e. The predicted molar refractivity (Wildman–Crippen MR) is 105 cm³/mol. The van der Waals surface area contributed by atoms with E-state index in [0.29, 0.717) is 0 Å². The fourth-order valence-corrected chi connectivity index (χ4v) is 5.80. The van der Waals surface area contributed by atoms with E-state index in [-0.39, 0.29) is 17.0 Å². The van der Waals surface area contributed by atoms with Gasteiger partial charge in [0.05, 0.1) is 12.0 Å². The molecule has 2 heterocycles. The quantitative estimate of drug-likeness (QED) is 0.785. The fraction of sp³-hybridized carbons (Fsp3) is 0.429. The lowest BCUT2D eigenvalue weighted by Crippen LogP contribution is -2.48. The number of nitrogens with zero attached hydrogens (tertiary/aromatic N) is 2. The van der Waals surface area contributed by atoms with Gasteiger partial charge in [0, 0.05) is 32.2 Å². The fourth-order valence-electron chi connectivity index (χ4n) is 4.40. The number of benzene rings is 2. The molecule has 0 saturated carbocycles. The monoisotopic (exact) mass is 404 g/mol. The van der Waals surface area contributed by atoms with Crippen molar-refractivity contribution in [1.29, 1.82) is 0 Å². The second-order valence-electron chi connectivity index (χ2n) is 7.52. The number of piperidine rings is 1. The van der Waals surface area contributed by atoms with Gasteiger partial charge in [0.15, 0.2) is 0 Å². The third-order valence-electron chi connectivity index (χ3n) is 6.07. The largest absolute Gasteiger partial charge is 0.497 e. The van der Waals surface area contributed by atoms with Crippen LogP contribution in [-0.2, 0) is 16.4 Å². The molecular weight excluding hydrogens is 379 g/mol. The molecule has 28 heavy (non-hydrogen) atoms. The van der Waals surface area contributed by atoms with Crippen molar-refractivity contribution in [3.05, 3.63) is 59.4 Å². The Balaban J connectivity index is 1.58. The maximum atomic E-state index is 13.2. The first-order chi connectivity index (χ1) is 13.4. The second-order valence-corrected chi connectivity index (χ2v) is 9.52. The lowest BCUT2D eigenvalue weighted by atomic mass is 9.85. The summed E-state index contributed by atoms with van der Waals surface area (Å²) in [6.07, 6.45) is 2.52. The number of methoxy groups -OCH3 is 1. The summed E-state index contributed by atoms with van der Waals surface area (Å²) in [6.45, 7) is 1.84. The average molecular weight is 405 g/mol. The van der Waals surface area contributed by atoms with Gasteiger partial charge in [0.1, 0.15) is 11.6 Å². The molecule has 0 radical (unpaired) electrons. The average Bonchev–Trinajstić information content (AvgIpc) is 2.72. The second kappa shape index (κ2) is 7.46. The number of hydrogen-bond acceptors (Lipinski definition) is 4. The first-order valence-corrected chi connectivity index (χ1v) is 11.0.